The van der Waals surface area contributed by atoms with Gasteiger partial charge in [0.05, 0.1) is 13.0 Å². The molecule has 0 radical (unpaired) electrons. The minimum absolute atomic E-state index is 0.193. The van der Waals surface area contributed by atoms with Crippen molar-refractivity contribution in [2.75, 3.05) is 26.3 Å². The van der Waals surface area contributed by atoms with Crippen molar-refractivity contribution in [1.82, 2.24) is 15.0 Å². The van der Waals surface area contributed by atoms with Gasteiger partial charge >= 0.3 is 0 Å². The van der Waals surface area contributed by atoms with Gasteiger partial charge in [-0.25, -0.2) is 0 Å². The summed E-state index contributed by atoms with van der Waals surface area (Å²) in [5.41, 5.74) is 1.06. The van der Waals surface area contributed by atoms with Gasteiger partial charge in [0.25, 0.3) is 0 Å². The molecule has 1 amide bonds. The molecule has 2 aromatic rings. The average molecular weight is 341 g/mol. The number of aromatic nitrogens is 2. The maximum Gasteiger partial charge on any atom is 0.229 e. The fraction of sp³-hybridized carbons (Fsp3) is 0.526. The van der Waals surface area contributed by atoms with Crippen LogP contribution in [0.4, 0.5) is 0 Å². The first-order chi connectivity index (χ1) is 12.3. The number of rotatable bonds is 4. The van der Waals surface area contributed by atoms with Crippen molar-refractivity contribution >= 4 is 5.91 Å². The van der Waals surface area contributed by atoms with Crippen LogP contribution in [0, 0.1) is 0 Å². The minimum atomic E-state index is 0.193. The fourth-order valence-electron chi connectivity index (χ4n) is 3.58. The first-order valence-electron chi connectivity index (χ1n) is 9.02. The number of hydrogen-bond donors (Lipinski definition) is 0. The molecule has 3 heterocycles. The van der Waals surface area contributed by atoms with Gasteiger partial charge < -0.3 is 14.2 Å². The van der Waals surface area contributed by atoms with Crippen LogP contribution in [0.3, 0.4) is 0 Å². The number of hydrogen-bond acceptors (Lipinski definition) is 5. The molecule has 1 aromatic heterocycles. The molecule has 2 aliphatic heterocycles. The summed E-state index contributed by atoms with van der Waals surface area (Å²) in [5, 5.41) is 4.14. The summed E-state index contributed by atoms with van der Waals surface area (Å²) in [4.78, 5) is 19.0. The lowest BCUT2D eigenvalue weighted by Crippen LogP contribution is -2.38. The van der Waals surface area contributed by atoms with E-state index in [0.29, 0.717) is 13.0 Å². The van der Waals surface area contributed by atoms with Gasteiger partial charge in [-0.05, 0) is 24.8 Å². The van der Waals surface area contributed by atoms with Gasteiger partial charge in [0, 0.05) is 31.5 Å². The number of carbonyl (C=O) groups is 1. The van der Waals surface area contributed by atoms with Gasteiger partial charge in [-0.3, -0.25) is 4.79 Å². The molecule has 6 nitrogen and oxygen atoms in total. The second-order valence-electron chi connectivity index (χ2n) is 6.87. The molecule has 0 spiro atoms. The maximum atomic E-state index is 12.4. The molecular formula is C19H23N3O3. The molecule has 0 bridgehead atoms. The van der Waals surface area contributed by atoms with Gasteiger partial charge in [0.2, 0.25) is 11.8 Å². The summed E-state index contributed by atoms with van der Waals surface area (Å²) in [7, 11) is 0. The van der Waals surface area contributed by atoms with Crippen LogP contribution < -0.4 is 0 Å². The normalized spacial score (nSPS) is 21.6. The Balaban J connectivity index is 1.31. The molecule has 6 heteroatoms. The summed E-state index contributed by atoms with van der Waals surface area (Å²) in [5.74, 6) is 2.21. The van der Waals surface area contributed by atoms with E-state index >= 15 is 0 Å². The number of ether oxygens (including phenoxy) is 1. The van der Waals surface area contributed by atoms with Crippen molar-refractivity contribution in [2.45, 2.75) is 37.5 Å². The van der Waals surface area contributed by atoms with Crippen LogP contribution in [0.2, 0.25) is 0 Å². The lowest BCUT2D eigenvalue weighted by Gasteiger charge is -2.30. The summed E-state index contributed by atoms with van der Waals surface area (Å²) >= 11 is 0. The van der Waals surface area contributed by atoms with Gasteiger partial charge in [0.15, 0.2) is 5.82 Å². The molecule has 1 unspecified atom stereocenters. The summed E-state index contributed by atoms with van der Waals surface area (Å²) in [6.07, 6.45) is 3.19. The highest BCUT2D eigenvalue weighted by Crippen LogP contribution is 2.29. The van der Waals surface area contributed by atoms with Gasteiger partial charge in [-0.2, -0.15) is 4.98 Å². The lowest BCUT2D eigenvalue weighted by molar-refractivity contribution is -0.131. The monoisotopic (exact) mass is 341 g/mol. The van der Waals surface area contributed by atoms with E-state index in [1.807, 2.05) is 35.2 Å². The fourth-order valence-corrected chi connectivity index (χ4v) is 3.58. The van der Waals surface area contributed by atoms with Crippen molar-refractivity contribution in [2.24, 2.45) is 0 Å². The Morgan fingerprint density at radius 3 is 2.64 bits per heavy atom. The van der Waals surface area contributed by atoms with Crippen LogP contribution in [0.15, 0.2) is 34.9 Å². The second kappa shape index (κ2) is 7.35. The molecule has 25 heavy (non-hydrogen) atoms. The highest BCUT2D eigenvalue weighted by Gasteiger charge is 2.29. The zero-order chi connectivity index (χ0) is 17.1. The van der Waals surface area contributed by atoms with E-state index in [1.165, 1.54) is 0 Å². The van der Waals surface area contributed by atoms with E-state index in [-0.39, 0.29) is 17.7 Å². The first-order valence-corrected chi connectivity index (χ1v) is 9.02. The third kappa shape index (κ3) is 3.74. The molecule has 2 aliphatic rings. The molecule has 0 aliphatic carbocycles. The first kappa shape index (κ1) is 16.3. The van der Waals surface area contributed by atoms with E-state index in [4.69, 9.17) is 9.26 Å². The van der Waals surface area contributed by atoms with Gasteiger partial charge in [0.1, 0.15) is 0 Å². The maximum absolute atomic E-state index is 12.4. The van der Waals surface area contributed by atoms with Crippen LogP contribution >= 0.6 is 0 Å². The van der Waals surface area contributed by atoms with E-state index in [1.54, 1.807) is 0 Å². The standard InChI is InChI=1S/C19H23N3O3/c23-17(12-14-4-2-1-3-5-14)22-9-6-15(7-10-22)19-20-18(21-25-19)16-8-11-24-13-16/h1-5,15-16H,6-13H2. The molecule has 1 atom stereocenters. The topological polar surface area (TPSA) is 68.5 Å². The quantitative estimate of drug-likeness (QED) is 0.855. The number of benzene rings is 1. The van der Waals surface area contributed by atoms with Crippen LogP contribution in [0.25, 0.3) is 0 Å². The number of nitrogens with zero attached hydrogens (tertiary/aromatic N) is 3. The van der Waals surface area contributed by atoms with E-state index < -0.39 is 0 Å². The minimum Gasteiger partial charge on any atom is -0.381 e. The Bertz CT molecular complexity index is 702. The molecule has 4 rings (SSSR count). The molecule has 0 saturated carbocycles. The molecule has 2 fully saturated rings. The highest BCUT2D eigenvalue weighted by atomic mass is 16.5. The predicted octanol–water partition coefficient (Wildman–Crippen LogP) is 2.52. The molecule has 0 N–H and O–H groups in total. The zero-order valence-electron chi connectivity index (χ0n) is 14.3. The van der Waals surface area contributed by atoms with Crippen molar-refractivity contribution in [3.8, 4) is 0 Å². The predicted molar refractivity (Wildman–Crippen MR) is 91.2 cm³/mol. The van der Waals surface area contributed by atoms with Crippen LogP contribution in [0.5, 0.6) is 0 Å². The number of amides is 1. The lowest BCUT2D eigenvalue weighted by atomic mass is 9.96. The SMILES string of the molecule is O=C(Cc1ccccc1)N1CCC(c2nc(C3CCOC3)no2)CC1. The second-order valence-corrected chi connectivity index (χ2v) is 6.87. The van der Waals surface area contributed by atoms with Crippen LogP contribution in [-0.4, -0.2) is 47.3 Å². The Morgan fingerprint density at radius 2 is 1.92 bits per heavy atom. The third-order valence-corrected chi connectivity index (χ3v) is 5.15. The number of carbonyl (C=O) groups excluding carboxylic acids is 1. The smallest absolute Gasteiger partial charge is 0.229 e. The summed E-state index contributed by atoms with van der Waals surface area (Å²) in [6.45, 7) is 2.96. The molecular weight excluding hydrogens is 318 g/mol. The summed E-state index contributed by atoms with van der Waals surface area (Å²) in [6, 6.07) is 9.90. The van der Waals surface area contributed by atoms with Crippen LogP contribution in [-0.2, 0) is 16.0 Å². The Labute approximate surface area is 147 Å². The highest BCUT2D eigenvalue weighted by molar-refractivity contribution is 5.78. The third-order valence-electron chi connectivity index (χ3n) is 5.15. The number of likely N-dealkylation sites (tertiary alicyclic amines) is 1. The molecule has 132 valence electrons. The largest absolute Gasteiger partial charge is 0.381 e. The van der Waals surface area contributed by atoms with E-state index in [9.17, 15) is 4.79 Å². The van der Waals surface area contributed by atoms with Crippen molar-refractivity contribution < 1.29 is 14.1 Å². The van der Waals surface area contributed by atoms with Crippen molar-refractivity contribution in [1.29, 1.82) is 0 Å². The van der Waals surface area contributed by atoms with Gasteiger partial charge in [-0.15, -0.1) is 0 Å². The molecule has 1 aromatic carbocycles. The average Bonchev–Trinajstić information content (AvgIpc) is 3.34. The Hall–Kier alpha value is -2.21. The van der Waals surface area contributed by atoms with Crippen LogP contribution in [0.1, 0.15) is 48.4 Å². The van der Waals surface area contributed by atoms with Crippen molar-refractivity contribution in [3.63, 3.8) is 0 Å². The Morgan fingerprint density at radius 1 is 1.12 bits per heavy atom. The van der Waals surface area contributed by atoms with Gasteiger partial charge in [-0.1, -0.05) is 35.5 Å². The number of piperidine rings is 1. The Kier molecular flexibility index (Phi) is 4.78. The zero-order valence-corrected chi connectivity index (χ0v) is 14.3. The summed E-state index contributed by atoms with van der Waals surface area (Å²) < 4.78 is 10.9. The van der Waals surface area contributed by atoms with E-state index in [2.05, 4.69) is 10.1 Å². The van der Waals surface area contributed by atoms with Crippen molar-refractivity contribution in [3.05, 3.63) is 47.6 Å². The molecule has 2 saturated heterocycles. The van der Waals surface area contributed by atoms with E-state index in [0.717, 1.165) is 56.2 Å².